The van der Waals surface area contributed by atoms with E-state index in [1.54, 1.807) is 0 Å². The number of hydrogen-bond donors (Lipinski definition) is 1. The van der Waals surface area contributed by atoms with Gasteiger partial charge in [-0.1, -0.05) is 41.1 Å². The number of aryl methyl sites for hydroxylation is 2. The Hall–Kier alpha value is -1.32. The van der Waals surface area contributed by atoms with E-state index >= 15 is 0 Å². The van der Waals surface area contributed by atoms with Gasteiger partial charge >= 0.3 is 0 Å². The van der Waals surface area contributed by atoms with Crippen molar-refractivity contribution in [3.8, 4) is 11.5 Å². The molecule has 0 atom stereocenters. The SMILES string of the molecule is CCNCc1ccc(Oc2cc(C)ccc2C)cc1Br. The Kier molecular flexibility index (Phi) is 5.21. The quantitative estimate of drug-likeness (QED) is 0.834. The average molecular weight is 334 g/mol. The highest BCUT2D eigenvalue weighted by Gasteiger charge is 2.05. The van der Waals surface area contributed by atoms with E-state index < -0.39 is 0 Å². The Bertz CT molecular complexity index is 596. The second-order valence-electron chi connectivity index (χ2n) is 4.90. The molecule has 0 saturated heterocycles. The zero-order valence-electron chi connectivity index (χ0n) is 12.2. The lowest BCUT2D eigenvalue weighted by atomic mass is 10.1. The first-order valence-electron chi connectivity index (χ1n) is 6.84. The predicted octanol–water partition coefficient (Wildman–Crippen LogP) is 4.97. The van der Waals surface area contributed by atoms with Gasteiger partial charge < -0.3 is 10.1 Å². The fourth-order valence-electron chi connectivity index (χ4n) is 1.94. The normalized spacial score (nSPS) is 10.6. The lowest BCUT2D eigenvalue weighted by Crippen LogP contribution is -2.11. The standard InChI is InChI=1S/C17H20BrNO/c1-4-19-11-14-7-8-15(10-16(14)18)20-17-9-12(2)5-6-13(17)3/h5-10,19H,4,11H2,1-3H3. The summed E-state index contributed by atoms with van der Waals surface area (Å²) in [6.45, 7) is 8.06. The maximum absolute atomic E-state index is 5.98. The van der Waals surface area contributed by atoms with Crippen LogP contribution in [0.1, 0.15) is 23.6 Å². The first kappa shape index (κ1) is 15.1. The Morgan fingerprint density at radius 2 is 1.90 bits per heavy atom. The molecule has 2 aromatic rings. The Morgan fingerprint density at radius 3 is 2.60 bits per heavy atom. The van der Waals surface area contributed by atoms with Gasteiger partial charge in [-0.05, 0) is 55.3 Å². The van der Waals surface area contributed by atoms with Gasteiger partial charge in [0, 0.05) is 11.0 Å². The van der Waals surface area contributed by atoms with Gasteiger partial charge in [-0.3, -0.25) is 0 Å². The molecule has 0 radical (unpaired) electrons. The van der Waals surface area contributed by atoms with Gasteiger partial charge in [-0.2, -0.15) is 0 Å². The molecule has 0 heterocycles. The first-order chi connectivity index (χ1) is 9.60. The highest BCUT2D eigenvalue weighted by atomic mass is 79.9. The summed E-state index contributed by atoms with van der Waals surface area (Å²) in [5.41, 5.74) is 3.58. The van der Waals surface area contributed by atoms with Gasteiger partial charge in [0.1, 0.15) is 11.5 Å². The van der Waals surface area contributed by atoms with Crippen molar-refractivity contribution in [3.05, 3.63) is 57.6 Å². The third-order valence-corrected chi connectivity index (χ3v) is 3.90. The monoisotopic (exact) mass is 333 g/mol. The topological polar surface area (TPSA) is 21.3 Å². The van der Waals surface area contributed by atoms with Crippen LogP contribution < -0.4 is 10.1 Å². The van der Waals surface area contributed by atoms with Gasteiger partial charge in [0.15, 0.2) is 0 Å². The number of rotatable bonds is 5. The minimum absolute atomic E-state index is 0.853. The highest BCUT2D eigenvalue weighted by molar-refractivity contribution is 9.10. The van der Waals surface area contributed by atoms with Gasteiger partial charge in [-0.25, -0.2) is 0 Å². The average Bonchev–Trinajstić information content (AvgIpc) is 2.42. The van der Waals surface area contributed by atoms with E-state index in [2.05, 4.69) is 66.3 Å². The van der Waals surface area contributed by atoms with Crippen molar-refractivity contribution in [2.45, 2.75) is 27.3 Å². The van der Waals surface area contributed by atoms with Crippen LogP contribution >= 0.6 is 15.9 Å². The zero-order chi connectivity index (χ0) is 14.5. The van der Waals surface area contributed by atoms with Crippen molar-refractivity contribution in [2.24, 2.45) is 0 Å². The van der Waals surface area contributed by atoms with E-state index in [0.29, 0.717) is 0 Å². The van der Waals surface area contributed by atoms with Crippen molar-refractivity contribution < 1.29 is 4.74 Å². The van der Waals surface area contributed by atoms with E-state index in [1.165, 1.54) is 11.1 Å². The van der Waals surface area contributed by atoms with E-state index in [9.17, 15) is 0 Å². The summed E-state index contributed by atoms with van der Waals surface area (Å²) >= 11 is 3.60. The molecule has 2 rings (SSSR count). The predicted molar refractivity (Wildman–Crippen MR) is 87.5 cm³/mol. The molecule has 0 fully saturated rings. The molecule has 0 amide bonds. The number of ether oxygens (including phenoxy) is 1. The molecule has 0 aromatic heterocycles. The number of benzene rings is 2. The highest BCUT2D eigenvalue weighted by Crippen LogP contribution is 2.29. The summed E-state index contributed by atoms with van der Waals surface area (Å²) in [6, 6.07) is 12.4. The van der Waals surface area contributed by atoms with Gasteiger partial charge in [-0.15, -0.1) is 0 Å². The smallest absolute Gasteiger partial charge is 0.130 e. The maximum atomic E-state index is 5.98. The lowest BCUT2D eigenvalue weighted by molar-refractivity contribution is 0.478. The third kappa shape index (κ3) is 3.84. The summed E-state index contributed by atoms with van der Waals surface area (Å²) < 4.78 is 7.05. The van der Waals surface area contributed by atoms with Gasteiger partial charge in [0.05, 0.1) is 0 Å². The van der Waals surface area contributed by atoms with Gasteiger partial charge in [0.2, 0.25) is 0 Å². The van der Waals surface area contributed by atoms with E-state index in [-0.39, 0.29) is 0 Å². The van der Waals surface area contributed by atoms with Crippen molar-refractivity contribution in [1.82, 2.24) is 5.32 Å². The molecule has 0 unspecified atom stereocenters. The van der Waals surface area contributed by atoms with Crippen molar-refractivity contribution in [2.75, 3.05) is 6.54 Å². The molecule has 0 spiro atoms. The molecule has 2 aromatic carbocycles. The molecule has 0 saturated carbocycles. The van der Waals surface area contributed by atoms with E-state index in [0.717, 1.165) is 34.6 Å². The molecule has 106 valence electrons. The van der Waals surface area contributed by atoms with Crippen LogP contribution in [-0.2, 0) is 6.54 Å². The molecule has 20 heavy (non-hydrogen) atoms. The molecule has 2 nitrogen and oxygen atoms in total. The van der Waals surface area contributed by atoms with Crippen LogP contribution in [0.5, 0.6) is 11.5 Å². The first-order valence-corrected chi connectivity index (χ1v) is 7.63. The second-order valence-corrected chi connectivity index (χ2v) is 5.76. The van der Waals surface area contributed by atoms with Crippen LogP contribution in [0.4, 0.5) is 0 Å². The Morgan fingerprint density at radius 1 is 1.10 bits per heavy atom. The van der Waals surface area contributed by atoms with Crippen LogP contribution in [0.3, 0.4) is 0 Å². The molecule has 1 N–H and O–H groups in total. The van der Waals surface area contributed by atoms with Crippen LogP contribution in [0.25, 0.3) is 0 Å². The fraction of sp³-hybridized carbons (Fsp3) is 0.294. The molecule has 3 heteroatoms. The minimum Gasteiger partial charge on any atom is -0.457 e. The second kappa shape index (κ2) is 6.91. The lowest BCUT2D eigenvalue weighted by Gasteiger charge is -2.12. The van der Waals surface area contributed by atoms with E-state index in [4.69, 9.17) is 4.74 Å². The maximum Gasteiger partial charge on any atom is 0.130 e. The van der Waals surface area contributed by atoms with Crippen molar-refractivity contribution in [3.63, 3.8) is 0 Å². The molecule has 0 aliphatic carbocycles. The van der Waals surface area contributed by atoms with Crippen LogP contribution in [0.15, 0.2) is 40.9 Å². The zero-order valence-corrected chi connectivity index (χ0v) is 13.8. The Balaban J connectivity index is 2.17. The molecule has 0 aliphatic heterocycles. The fourth-order valence-corrected chi connectivity index (χ4v) is 2.44. The summed E-state index contributed by atoms with van der Waals surface area (Å²) in [7, 11) is 0. The minimum atomic E-state index is 0.853. The van der Waals surface area contributed by atoms with Crippen LogP contribution in [0, 0.1) is 13.8 Å². The van der Waals surface area contributed by atoms with E-state index in [1.807, 2.05) is 12.1 Å². The molecule has 0 aliphatic rings. The van der Waals surface area contributed by atoms with Gasteiger partial charge in [0.25, 0.3) is 0 Å². The number of halogens is 1. The summed E-state index contributed by atoms with van der Waals surface area (Å²) in [4.78, 5) is 0. The largest absolute Gasteiger partial charge is 0.457 e. The van der Waals surface area contributed by atoms with Crippen molar-refractivity contribution in [1.29, 1.82) is 0 Å². The number of hydrogen-bond acceptors (Lipinski definition) is 2. The molecular formula is C17H20BrNO. The summed E-state index contributed by atoms with van der Waals surface area (Å²) in [6.07, 6.45) is 0. The Labute approximate surface area is 129 Å². The molecule has 0 bridgehead atoms. The summed E-state index contributed by atoms with van der Waals surface area (Å²) in [5, 5.41) is 3.32. The number of nitrogens with one attached hydrogen (secondary N) is 1. The molecular weight excluding hydrogens is 314 g/mol. The third-order valence-electron chi connectivity index (χ3n) is 3.16. The van der Waals surface area contributed by atoms with Crippen LogP contribution in [-0.4, -0.2) is 6.54 Å². The van der Waals surface area contributed by atoms with Crippen LogP contribution in [0.2, 0.25) is 0 Å². The van der Waals surface area contributed by atoms with Crippen molar-refractivity contribution >= 4 is 15.9 Å². The summed E-state index contributed by atoms with van der Waals surface area (Å²) in [5.74, 6) is 1.77.